The fraction of sp³-hybridized carbons (Fsp3) is 0.611. The maximum atomic E-state index is 12.4. The molecule has 1 heterocycles. The minimum Gasteiger partial charge on any atom is -0.508 e. The lowest BCUT2D eigenvalue weighted by molar-refractivity contribution is -0.00800. The second kappa shape index (κ2) is 5.58. The zero-order valence-electron chi connectivity index (χ0n) is 13.4. The summed E-state index contributed by atoms with van der Waals surface area (Å²) in [6.07, 6.45) is 4.20. The molecule has 2 aliphatic rings. The molecule has 120 valence electrons. The molecule has 0 aromatic heterocycles. The minimum atomic E-state index is -0.595. The summed E-state index contributed by atoms with van der Waals surface area (Å²) in [6.45, 7) is 5.23. The van der Waals surface area contributed by atoms with Crippen LogP contribution < -0.4 is 0 Å². The Bertz CT molecular complexity index is 568. The van der Waals surface area contributed by atoms with E-state index in [4.69, 9.17) is 0 Å². The van der Waals surface area contributed by atoms with Crippen molar-refractivity contribution in [2.75, 3.05) is 6.54 Å². The van der Waals surface area contributed by atoms with Crippen LogP contribution in [0.1, 0.15) is 55.5 Å². The molecule has 2 N–H and O–H groups in total. The molecule has 4 nitrogen and oxygen atoms in total. The van der Waals surface area contributed by atoms with E-state index in [9.17, 15) is 15.0 Å². The molecule has 1 aliphatic carbocycles. The Hall–Kier alpha value is -1.55. The van der Waals surface area contributed by atoms with Gasteiger partial charge in [0.2, 0.25) is 0 Å². The first-order valence-corrected chi connectivity index (χ1v) is 8.18. The molecule has 0 saturated heterocycles. The SMILES string of the molecule is CC(C)(O)C1CCC(CN2Cc3ccc(O)cc3C2=O)CC1. The molecule has 1 fully saturated rings. The van der Waals surface area contributed by atoms with Crippen LogP contribution in [0, 0.1) is 11.8 Å². The summed E-state index contributed by atoms with van der Waals surface area (Å²) < 4.78 is 0. The Balaban J connectivity index is 1.59. The van der Waals surface area contributed by atoms with Crippen molar-refractivity contribution in [2.24, 2.45) is 11.8 Å². The second-order valence-electron chi connectivity index (χ2n) is 7.40. The number of phenolic OH excluding ortho intramolecular Hbond substituents is 1. The van der Waals surface area contributed by atoms with Crippen LogP contribution in [0.25, 0.3) is 0 Å². The first-order valence-electron chi connectivity index (χ1n) is 8.18. The van der Waals surface area contributed by atoms with Crippen molar-refractivity contribution < 1.29 is 15.0 Å². The van der Waals surface area contributed by atoms with Gasteiger partial charge in [-0.2, -0.15) is 0 Å². The third-order valence-electron chi connectivity index (χ3n) is 5.30. The van der Waals surface area contributed by atoms with Gasteiger partial charge in [0.25, 0.3) is 5.91 Å². The molecule has 1 aromatic carbocycles. The average molecular weight is 303 g/mol. The first-order chi connectivity index (χ1) is 10.3. The number of amides is 1. The minimum absolute atomic E-state index is 0.0375. The normalized spacial score (nSPS) is 25.4. The lowest BCUT2D eigenvalue weighted by Gasteiger charge is -2.36. The summed E-state index contributed by atoms with van der Waals surface area (Å²) in [5.74, 6) is 1.08. The highest BCUT2D eigenvalue weighted by Crippen LogP contribution is 2.36. The van der Waals surface area contributed by atoms with Crippen molar-refractivity contribution in [2.45, 2.75) is 51.7 Å². The highest BCUT2D eigenvalue weighted by atomic mass is 16.3. The van der Waals surface area contributed by atoms with E-state index >= 15 is 0 Å². The van der Waals surface area contributed by atoms with Crippen molar-refractivity contribution in [3.8, 4) is 5.75 Å². The summed E-state index contributed by atoms with van der Waals surface area (Å²) in [7, 11) is 0. The predicted molar refractivity (Wildman–Crippen MR) is 84.6 cm³/mol. The van der Waals surface area contributed by atoms with Crippen molar-refractivity contribution in [3.63, 3.8) is 0 Å². The summed E-state index contributed by atoms with van der Waals surface area (Å²) in [5, 5.41) is 19.6. The number of hydrogen-bond acceptors (Lipinski definition) is 3. The number of carbonyl (C=O) groups is 1. The van der Waals surface area contributed by atoms with Crippen LogP contribution in [0.15, 0.2) is 18.2 Å². The summed E-state index contributed by atoms with van der Waals surface area (Å²) in [4.78, 5) is 14.3. The number of nitrogens with zero attached hydrogens (tertiary/aromatic N) is 1. The second-order valence-corrected chi connectivity index (χ2v) is 7.40. The van der Waals surface area contributed by atoms with E-state index in [1.165, 1.54) is 0 Å². The number of hydrogen-bond donors (Lipinski definition) is 2. The molecule has 0 atom stereocenters. The number of fused-ring (bicyclic) bond motifs is 1. The van der Waals surface area contributed by atoms with Crippen molar-refractivity contribution in [1.82, 2.24) is 4.90 Å². The third-order valence-corrected chi connectivity index (χ3v) is 5.30. The van der Waals surface area contributed by atoms with E-state index in [0.29, 0.717) is 23.9 Å². The van der Waals surface area contributed by atoms with Crippen LogP contribution in [0.2, 0.25) is 0 Å². The van der Waals surface area contributed by atoms with Crippen LogP contribution in [0.3, 0.4) is 0 Å². The molecule has 0 bridgehead atoms. The number of aromatic hydroxyl groups is 1. The van der Waals surface area contributed by atoms with Gasteiger partial charge in [0.05, 0.1) is 5.60 Å². The third kappa shape index (κ3) is 2.98. The van der Waals surface area contributed by atoms with Gasteiger partial charge < -0.3 is 15.1 Å². The number of benzene rings is 1. The molecule has 1 aliphatic heterocycles. The molecular formula is C18H25NO3. The zero-order chi connectivity index (χ0) is 15.9. The van der Waals surface area contributed by atoms with Gasteiger partial charge in [-0.1, -0.05) is 6.07 Å². The molecule has 3 rings (SSSR count). The topological polar surface area (TPSA) is 60.8 Å². The van der Waals surface area contributed by atoms with E-state index in [-0.39, 0.29) is 11.7 Å². The first kappa shape index (κ1) is 15.3. The van der Waals surface area contributed by atoms with Gasteiger partial charge in [-0.15, -0.1) is 0 Å². The summed E-state index contributed by atoms with van der Waals surface area (Å²) >= 11 is 0. The monoisotopic (exact) mass is 303 g/mol. The van der Waals surface area contributed by atoms with E-state index < -0.39 is 5.60 Å². The Morgan fingerprint density at radius 1 is 1.23 bits per heavy atom. The smallest absolute Gasteiger partial charge is 0.254 e. The fourth-order valence-electron chi connectivity index (χ4n) is 3.86. The largest absolute Gasteiger partial charge is 0.508 e. The van der Waals surface area contributed by atoms with Crippen LogP contribution in [0.5, 0.6) is 5.75 Å². The van der Waals surface area contributed by atoms with Crippen LogP contribution in [-0.4, -0.2) is 33.2 Å². The lowest BCUT2D eigenvalue weighted by atomic mass is 9.75. The van der Waals surface area contributed by atoms with Crippen molar-refractivity contribution >= 4 is 5.91 Å². The molecule has 1 aromatic rings. The number of carbonyl (C=O) groups excluding carboxylic acids is 1. The Morgan fingerprint density at radius 2 is 1.91 bits per heavy atom. The van der Waals surface area contributed by atoms with E-state index in [0.717, 1.165) is 37.8 Å². The maximum Gasteiger partial charge on any atom is 0.254 e. The number of phenols is 1. The molecule has 1 saturated carbocycles. The Labute approximate surface area is 131 Å². The van der Waals surface area contributed by atoms with Crippen LogP contribution in [-0.2, 0) is 6.54 Å². The van der Waals surface area contributed by atoms with Gasteiger partial charge in [0, 0.05) is 18.7 Å². The predicted octanol–water partition coefficient (Wildman–Crippen LogP) is 2.93. The standard InChI is InChI=1S/C18H25NO3/c1-18(2,22)14-6-3-12(4-7-14)10-19-11-13-5-8-15(20)9-16(13)17(19)21/h5,8-9,12,14,20,22H,3-4,6-7,10-11H2,1-2H3. The number of rotatable bonds is 3. The van der Waals surface area contributed by atoms with Crippen LogP contribution >= 0.6 is 0 Å². The van der Waals surface area contributed by atoms with E-state index in [1.807, 2.05) is 24.8 Å². The van der Waals surface area contributed by atoms with Gasteiger partial charge in [-0.05, 0) is 69.1 Å². The van der Waals surface area contributed by atoms with Gasteiger partial charge >= 0.3 is 0 Å². The molecule has 0 spiro atoms. The maximum absolute atomic E-state index is 12.4. The van der Waals surface area contributed by atoms with Crippen molar-refractivity contribution in [1.29, 1.82) is 0 Å². The van der Waals surface area contributed by atoms with Crippen LogP contribution in [0.4, 0.5) is 0 Å². The Kier molecular flexibility index (Phi) is 3.89. The Morgan fingerprint density at radius 3 is 2.55 bits per heavy atom. The molecule has 1 amide bonds. The summed E-state index contributed by atoms with van der Waals surface area (Å²) in [6, 6.07) is 5.06. The molecule has 0 radical (unpaired) electrons. The quantitative estimate of drug-likeness (QED) is 0.902. The molecular weight excluding hydrogens is 278 g/mol. The molecule has 22 heavy (non-hydrogen) atoms. The van der Waals surface area contributed by atoms with Gasteiger partial charge in [-0.3, -0.25) is 4.79 Å². The van der Waals surface area contributed by atoms with Gasteiger partial charge in [0.15, 0.2) is 0 Å². The lowest BCUT2D eigenvalue weighted by Crippen LogP contribution is -2.37. The van der Waals surface area contributed by atoms with Crippen molar-refractivity contribution in [3.05, 3.63) is 29.3 Å². The van der Waals surface area contributed by atoms with E-state index in [2.05, 4.69) is 0 Å². The summed E-state index contributed by atoms with van der Waals surface area (Å²) in [5.41, 5.74) is 1.06. The highest BCUT2D eigenvalue weighted by molar-refractivity contribution is 5.98. The molecule has 4 heteroatoms. The van der Waals surface area contributed by atoms with E-state index in [1.54, 1.807) is 12.1 Å². The van der Waals surface area contributed by atoms with Gasteiger partial charge in [0.1, 0.15) is 5.75 Å². The fourth-order valence-corrected chi connectivity index (χ4v) is 3.86. The molecule has 0 unspecified atom stereocenters. The van der Waals surface area contributed by atoms with Gasteiger partial charge in [-0.25, -0.2) is 0 Å². The zero-order valence-corrected chi connectivity index (χ0v) is 13.4. The highest BCUT2D eigenvalue weighted by Gasteiger charge is 2.34. The average Bonchev–Trinajstić information content (AvgIpc) is 2.75. The number of aliphatic hydroxyl groups is 1.